The van der Waals surface area contributed by atoms with Crippen molar-refractivity contribution in [2.75, 3.05) is 0 Å². The van der Waals surface area contributed by atoms with E-state index in [-0.39, 0.29) is 11.9 Å². The Labute approximate surface area is 161 Å². The van der Waals surface area contributed by atoms with Crippen LogP contribution in [-0.4, -0.2) is 26.7 Å². The maximum absolute atomic E-state index is 12.9. The number of nitrogens with one attached hydrogen (secondary N) is 1. The summed E-state index contributed by atoms with van der Waals surface area (Å²) in [4.78, 5) is 17.4. The van der Waals surface area contributed by atoms with Gasteiger partial charge in [-0.05, 0) is 57.4 Å². The van der Waals surface area contributed by atoms with Crippen molar-refractivity contribution in [3.05, 3.63) is 57.3 Å². The number of carbonyl (C=O) groups excluding carboxylic acids is 1. The van der Waals surface area contributed by atoms with E-state index in [9.17, 15) is 4.79 Å². The molecule has 1 aromatic carbocycles. The molecule has 0 fully saturated rings. The van der Waals surface area contributed by atoms with Gasteiger partial charge in [0, 0.05) is 23.3 Å². The molecule has 136 valence electrons. The van der Waals surface area contributed by atoms with Gasteiger partial charge in [0.2, 0.25) is 0 Å². The minimum absolute atomic E-state index is 0.0695. The van der Waals surface area contributed by atoms with Gasteiger partial charge in [-0.2, -0.15) is 5.10 Å². The first kappa shape index (κ1) is 18.6. The molecule has 0 aliphatic heterocycles. The van der Waals surface area contributed by atoms with E-state index >= 15 is 0 Å². The zero-order valence-corrected chi connectivity index (χ0v) is 17.1. The number of aromatic nitrogens is 3. The lowest BCUT2D eigenvalue weighted by Gasteiger charge is -2.15. The third-order valence-electron chi connectivity index (χ3n) is 4.50. The van der Waals surface area contributed by atoms with Crippen molar-refractivity contribution in [2.45, 2.75) is 39.7 Å². The number of hydrogen-bond donors (Lipinski definition) is 1. The molecule has 3 aromatic rings. The Bertz CT molecular complexity index is 947. The van der Waals surface area contributed by atoms with Crippen molar-refractivity contribution in [2.24, 2.45) is 7.05 Å². The predicted octanol–water partition coefficient (Wildman–Crippen LogP) is 4.10. The first-order valence-electron chi connectivity index (χ1n) is 8.71. The van der Waals surface area contributed by atoms with Crippen LogP contribution in [-0.2, 0) is 13.5 Å². The van der Waals surface area contributed by atoms with Gasteiger partial charge in [0.05, 0.1) is 16.6 Å². The fourth-order valence-electron chi connectivity index (χ4n) is 3.16. The third-order valence-corrected chi connectivity index (χ3v) is 5.03. The van der Waals surface area contributed by atoms with Crippen LogP contribution in [0, 0.1) is 13.8 Å². The van der Waals surface area contributed by atoms with Crippen molar-refractivity contribution in [3.8, 4) is 0 Å². The number of carbonyl (C=O) groups is 1. The number of benzene rings is 1. The molecular formula is C20H23BrN4O. The zero-order valence-electron chi connectivity index (χ0n) is 15.5. The number of nitrogens with zero attached hydrogens (tertiary/aromatic N) is 3. The molecule has 0 saturated carbocycles. The summed E-state index contributed by atoms with van der Waals surface area (Å²) in [5.74, 6) is -0.0695. The Morgan fingerprint density at radius 2 is 1.96 bits per heavy atom. The summed E-state index contributed by atoms with van der Waals surface area (Å²) in [6.45, 7) is 5.85. The lowest BCUT2D eigenvalue weighted by Crippen LogP contribution is -2.33. The number of pyridine rings is 1. The van der Waals surface area contributed by atoms with Crippen molar-refractivity contribution in [1.82, 2.24) is 20.1 Å². The number of amides is 1. The molecule has 0 saturated heterocycles. The van der Waals surface area contributed by atoms with E-state index in [0.717, 1.165) is 39.7 Å². The molecule has 2 heterocycles. The smallest absolute Gasteiger partial charge is 0.252 e. The normalized spacial score (nSPS) is 12.3. The molecule has 5 nitrogen and oxygen atoms in total. The monoisotopic (exact) mass is 414 g/mol. The molecule has 0 radical (unpaired) electrons. The second-order valence-corrected chi connectivity index (χ2v) is 7.67. The van der Waals surface area contributed by atoms with E-state index < -0.39 is 0 Å². The highest BCUT2D eigenvalue weighted by Crippen LogP contribution is 2.22. The van der Waals surface area contributed by atoms with Crippen LogP contribution in [0.3, 0.4) is 0 Å². The predicted molar refractivity (Wildman–Crippen MR) is 107 cm³/mol. The van der Waals surface area contributed by atoms with Gasteiger partial charge in [0.15, 0.2) is 5.65 Å². The summed E-state index contributed by atoms with van der Waals surface area (Å²) in [5.41, 5.74) is 4.29. The van der Waals surface area contributed by atoms with Crippen molar-refractivity contribution in [1.29, 1.82) is 0 Å². The molecule has 0 aliphatic carbocycles. The SMILES string of the molecule is Cc1cc(C(=O)NC(C)CCc2ccc(Br)cc2)c2c(C)nn(C)c2n1. The molecule has 0 bridgehead atoms. The second-order valence-electron chi connectivity index (χ2n) is 6.76. The van der Waals surface area contributed by atoms with Gasteiger partial charge in [-0.15, -0.1) is 0 Å². The topological polar surface area (TPSA) is 59.8 Å². The average Bonchev–Trinajstić information content (AvgIpc) is 2.87. The third kappa shape index (κ3) is 3.96. The Kier molecular flexibility index (Phi) is 5.41. The standard InChI is InChI=1S/C20H23BrN4O/c1-12(5-6-15-7-9-16(21)10-8-15)23-20(26)17-11-13(2)22-19-18(17)14(3)24-25(19)4/h7-12H,5-6H2,1-4H3,(H,23,26). The maximum Gasteiger partial charge on any atom is 0.252 e. The molecule has 1 N–H and O–H groups in total. The summed E-state index contributed by atoms with van der Waals surface area (Å²) in [6, 6.07) is 10.2. The van der Waals surface area contributed by atoms with Crippen LogP contribution < -0.4 is 5.32 Å². The second kappa shape index (κ2) is 7.58. The molecule has 3 rings (SSSR count). The highest BCUT2D eigenvalue weighted by Gasteiger charge is 2.18. The Morgan fingerprint density at radius 1 is 1.27 bits per heavy atom. The number of hydrogen-bond acceptors (Lipinski definition) is 3. The van der Waals surface area contributed by atoms with E-state index in [2.05, 4.69) is 43.5 Å². The molecule has 2 aromatic heterocycles. The first-order valence-corrected chi connectivity index (χ1v) is 9.50. The van der Waals surface area contributed by atoms with Crippen molar-refractivity contribution < 1.29 is 4.79 Å². The summed E-state index contributed by atoms with van der Waals surface area (Å²) >= 11 is 3.45. The minimum atomic E-state index is -0.0695. The first-order chi connectivity index (χ1) is 12.3. The van der Waals surface area contributed by atoms with E-state index in [4.69, 9.17) is 0 Å². The zero-order chi connectivity index (χ0) is 18.8. The Hall–Kier alpha value is -2.21. The fraction of sp³-hybridized carbons (Fsp3) is 0.350. The van der Waals surface area contributed by atoms with Crippen LogP contribution in [0.25, 0.3) is 11.0 Å². The molecule has 1 unspecified atom stereocenters. The van der Waals surface area contributed by atoms with Crippen LogP contribution in [0.2, 0.25) is 0 Å². The molecule has 0 spiro atoms. The van der Waals surface area contributed by atoms with E-state index in [1.807, 2.05) is 46.0 Å². The van der Waals surface area contributed by atoms with E-state index in [1.165, 1.54) is 5.56 Å². The van der Waals surface area contributed by atoms with Gasteiger partial charge in [-0.25, -0.2) is 4.98 Å². The van der Waals surface area contributed by atoms with Crippen LogP contribution in [0.1, 0.15) is 40.7 Å². The Balaban J connectivity index is 1.73. The molecule has 1 atom stereocenters. The van der Waals surface area contributed by atoms with Gasteiger partial charge in [0.1, 0.15) is 0 Å². The summed E-state index contributed by atoms with van der Waals surface area (Å²) in [7, 11) is 1.85. The van der Waals surface area contributed by atoms with Gasteiger partial charge in [-0.1, -0.05) is 28.1 Å². The largest absolute Gasteiger partial charge is 0.350 e. The number of aryl methyl sites for hydroxylation is 4. The average molecular weight is 415 g/mol. The molecular weight excluding hydrogens is 392 g/mol. The van der Waals surface area contributed by atoms with Crippen LogP contribution in [0.4, 0.5) is 0 Å². The number of halogens is 1. The van der Waals surface area contributed by atoms with Crippen LogP contribution in [0.15, 0.2) is 34.8 Å². The summed E-state index contributed by atoms with van der Waals surface area (Å²) in [6.07, 6.45) is 1.80. The number of fused-ring (bicyclic) bond motifs is 1. The van der Waals surface area contributed by atoms with Gasteiger partial charge in [-0.3, -0.25) is 9.48 Å². The highest BCUT2D eigenvalue weighted by molar-refractivity contribution is 9.10. The molecule has 26 heavy (non-hydrogen) atoms. The lowest BCUT2D eigenvalue weighted by atomic mass is 10.0. The highest BCUT2D eigenvalue weighted by atomic mass is 79.9. The Morgan fingerprint density at radius 3 is 2.65 bits per heavy atom. The minimum Gasteiger partial charge on any atom is -0.350 e. The summed E-state index contributed by atoms with van der Waals surface area (Å²) < 4.78 is 2.80. The molecule has 1 amide bonds. The summed E-state index contributed by atoms with van der Waals surface area (Å²) in [5, 5.41) is 8.36. The van der Waals surface area contributed by atoms with Crippen molar-refractivity contribution >= 4 is 32.9 Å². The molecule has 6 heteroatoms. The van der Waals surface area contributed by atoms with E-state index in [0.29, 0.717) is 5.56 Å². The van der Waals surface area contributed by atoms with Crippen LogP contribution >= 0.6 is 15.9 Å². The quantitative estimate of drug-likeness (QED) is 0.683. The van der Waals surface area contributed by atoms with Gasteiger partial charge in [0.25, 0.3) is 5.91 Å². The number of rotatable bonds is 5. The van der Waals surface area contributed by atoms with E-state index in [1.54, 1.807) is 4.68 Å². The molecule has 0 aliphatic rings. The van der Waals surface area contributed by atoms with Crippen LogP contribution in [0.5, 0.6) is 0 Å². The van der Waals surface area contributed by atoms with Gasteiger partial charge >= 0.3 is 0 Å². The van der Waals surface area contributed by atoms with Gasteiger partial charge < -0.3 is 5.32 Å². The maximum atomic E-state index is 12.9. The lowest BCUT2D eigenvalue weighted by molar-refractivity contribution is 0.0940. The van der Waals surface area contributed by atoms with Crippen molar-refractivity contribution in [3.63, 3.8) is 0 Å². The fourth-order valence-corrected chi connectivity index (χ4v) is 3.42.